The Morgan fingerprint density at radius 2 is 2.09 bits per heavy atom. The maximum Gasteiger partial charge on any atom is 0.0967 e. The molecule has 4 nitrogen and oxygen atoms in total. The van der Waals surface area contributed by atoms with Gasteiger partial charge in [-0.15, -0.1) is 0 Å². The Hall–Kier alpha value is -1.49. The number of methoxy groups -OCH3 is 1. The van der Waals surface area contributed by atoms with Crippen molar-refractivity contribution in [2.75, 3.05) is 24.8 Å². The summed E-state index contributed by atoms with van der Waals surface area (Å²) in [7, 11) is 1.68. The van der Waals surface area contributed by atoms with Crippen LogP contribution in [0.25, 0.3) is 11.3 Å². The van der Waals surface area contributed by atoms with Crippen LogP contribution in [-0.2, 0) is 4.74 Å². The molecular formula is C16H19Cl2N3O. The molecule has 0 spiro atoms. The van der Waals surface area contributed by atoms with Crippen molar-refractivity contribution in [2.24, 2.45) is 0 Å². The van der Waals surface area contributed by atoms with Gasteiger partial charge in [-0.05, 0) is 30.7 Å². The highest BCUT2D eigenvalue weighted by Gasteiger charge is 2.14. The third-order valence-corrected chi connectivity index (χ3v) is 3.94. The molecule has 0 radical (unpaired) electrons. The van der Waals surface area contributed by atoms with Crippen LogP contribution < -0.4 is 11.1 Å². The van der Waals surface area contributed by atoms with Crippen molar-refractivity contribution in [3.63, 3.8) is 0 Å². The van der Waals surface area contributed by atoms with Gasteiger partial charge in [-0.2, -0.15) is 0 Å². The molecule has 22 heavy (non-hydrogen) atoms. The van der Waals surface area contributed by atoms with Crippen LogP contribution >= 0.6 is 23.2 Å². The summed E-state index contributed by atoms with van der Waals surface area (Å²) in [5.41, 5.74) is 9.03. The van der Waals surface area contributed by atoms with E-state index >= 15 is 0 Å². The van der Waals surface area contributed by atoms with Crippen LogP contribution in [0.2, 0.25) is 10.0 Å². The van der Waals surface area contributed by atoms with E-state index < -0.39 is 0 Å². The van der Waals surface area contributed by atoms with E-state index in [1.807, 2.05) is 12.1 Å². The zero-order chi connectivity index (χ0) is 16.1. The number of anilines is 2. The van der Waals surface area contributed by atoms with E-state index in [0.717, 1.165) is 17.7 Å². The van der Waals surface area contributed by atoms with Gasteiger partial charge in [0.25, 0.3) is 0 Å². The van der Waals surface area contributed by atoms with Crippen molar-refractivity contribution in [1.29, 1.82) is 0 Å². The highest BCUT2D eigenvalue weighted by molar-refractivity contribution is 6.36. The fourth-order valence-corrected chi connectivity index (χ4v) is 2.68. The number of benzene rings is 1. The first kappa shape index (κ1) is 16.9. The molecular weight excluding hydrogens is 321 g/mol. The van der Waals surface area contributed by atoms with Gasteiger partial charge in [0.2, 0.25) is 0 Å². The van der Waals surface area contributed by atoms with Gasteiger partial charge in [-0.1, -0.05) is 30.1 Å². The van der Waals surface area contributed by atoms with Crippen LogP contribution in [0.1, 0.15) is 13.3 Å². The fraction of sp³-hybridized carbons (Fsp3) is 0.312. The normalized spacial score (nSPS) is 12.2. The standard InChI is InChI=1S/C16H19Cl2N3O/c1-3-11(9-22-2)21-14-6-7-20-16(15(14)19)12-5-4-10(17)8-13(12)18/h4-8,11H,3,9,19H2,1-2H3,(H,20,21)/t11-/m0/s1. The van der Waals surface area contributed by atoms with Crippen LogP contribution in [0.5, 0.6) is 0 Å². The number of hydrogen-bond donors (Lipinski definition) is 2. The van der Waals surface area contributed by atoms with Gasteiger partial charge in [0, 0.05) is 29.9 Å². The first-order chi connectivity index (χ1) is 10.6. The molecule has 0 aliphatic rings. The molecule has 2 rings (SSSR count). The molecule has 0 unspecified atom stereocenters. The smallest absolute Gasteiger partial charge is 0.0967 e. The predicted octanol–water partition coefficient (Wildman–Crippen LogP) is 4.47. The number of nitrogen functional groups attached to an aromatic ring is 1. The summed E-state index contributed by atoms with van der Waals surface area (Å²) in [4.78, 5) is 4.36. The molecule has 1 heterocycles. The molecule has 0 amide bonds. The van der Waals surface area contributed by atoms with Crippen molar-refractivity contribution >= 4 is 34.6 Å². The molecule has 0 bridgehead atoms. The lowest BCUT2D eigenvalue weighted by molar-refractivity contribution is 0.184. The number of nitrogens with one attached hydrogen (secondary N) is 1. The Bertz CT molecular complexity index is 649. The van der Waals surface area contributed by atoms with Gasteiger partial charge in [-0.25, -0.2) is 0 Å². The number of aromatic nitrogens is 1. The Balaban J connectivity index is 2.37. The fourth-order valence-electron chi connectivity index (χ4n) is 2.18. The zero-order valence-electron chi connectivity index (χ0n) is 12.6. The number of hydrogen-bond acceptors (Lipinski definition) is 4. The second-order valence-corrected chi connectivity index (χ2v) is 5.79. The minimum absolute atomic E-state index is 0.184. The predicted molar refractivity (Wildman–Crippen MR) is 93.7 cm³/mol. The van der Waals surface area contributed by atoms with Gasteiger partial charge >= 0.3 is 0 Å². The summed E-state index contributed by atoms with van der Waals surface area (Å²) in [5.74, 6) is 0. The molecule has 118 valence electrons. The second-order valence-electron chi connectivity index (χ2n) is 4.95. The first-order valence-electron chi connectivity index (χ1n) is 7.02. The van der Waals surface area contributed by atoms with E-state index in [-0.39, 0.29) is 6.04 Å². The van der Waals surface area contributed by atoms with E-state index in [0.29, 0.717) is 28.0 Å². The average molecular weight is 340 g/mol. The highest BCUT2D eigenvalue weighted by atomic mass is 35.5. The highest BCUT2D eigenvalue weighted by Crippen LogP contribution is 2.35. The van der Waals surface area contributed by atoms with Crippen LogP contribution in [0, 0.1) is 0 Å². The number of pyridine rings is 1. The zero-order valence-corrected chi connectivity index (χ0v) is 14.1. The minimum atomic E-state index is 0.184. The SMILES string of the molecule is CC[C@@H](COC)Nc1ccnc(-c2ccc(Cl)cc2Cl)c1N. The van der Waals surface area contributed by atoms with Crippen LogP contribution in [-0.4, -0.2) is 24.7 Å². The summed E-state index contributed by atoms with van der Waals surface area (Å²) in [5, 5.41) is 4.48. The summed E-state index contributed by atoms with van der Waals surface area (Å²) < 4.78 is 5.20. The maximum absolute atomic E-state index is 6.26. The van der Waals surface area contributed by atoms with Crippen molar-refractivity contribution < 1.29 is 4.74 Å². The molecule has 1 atom stereocenters. The average Bonchev–Trinajstić information content (AvgIpc) is 2.49. The first-order valence-corrected chi connectivity index (χ1v) is 7.77. The molecule has 0 saturated carbocycles. The van der Waals surface area contributed by atoms with Gasteiger partial charge in [-0.3, -0.25) is 4.98 Å². The van der Waals surface area contributed by atoms with Crippen molar-refractivity contribution in [2.45, 2.75) is 19.4 Å². The molecule has 2 aromatic rings. The molecule has 6 heteroatoms. The Labute approximate surface area is 140 Å². The van der Waals surface area contributed by atoms with Crippen LogP contribution in [0.4, 0.5) is 11.4 Å². The molecule has 1 aromatic heterocycles. The lowest BCUT2D eigenvalue weighted by atomic mass is 10.1. The van der Waals surface area contributed by atoms with Crippen molar-refractivity contribution in [1.82, 2.24) is 4.98 Å². The Morgan fingerprint density at radius 1 is 1.32 bits per heavy atom. The van der Waals surface area contributed by atoms with E-state index in [9.17, 15) is 0 Å². The van der Waals surface area contributed by atoms with Crippen molar-refractivity contribution in [3.8, 4) is 11.3 Å². The molecule has 0 saturated heterocycles. The number of nitrogens with two attached hydrogens (primary N) is 1. The molecule has 0 aliphatic heterocycles. The quantitative estimate of drug-likeness (QED) is 0.814. The van der Waals surface area contributed by atoms with Gasteiger partial charge in [0.15, 0.2) is 0 Å². The number of rotatable bonds is 6. The Kier molecular flexibility index (Phi) is 5.89. The molecule has 3 N–H and O–H groups in total. The third-order valence-electron chi connectivity index (χ3n) is 3.40. The van der Waals surface area contributed by atoms with Gasteiger partial charge in [0.05, 0.1) is 28.7 Å². The Morgan fingerprint density at radius 3 is 2.73 bits per heavy atom. The lowest BCUT2D eigenvalue weighted by Crippen LogP contribution is -2.24. The van der Waals surface area contributed by atoms with E-state index in [1.165, 1.54) is 0 Å². The van der Waals surface area contributed by atoms with E-state index in [2.05, 4.69) is 17.2 Å². The van der Waals surface area contributed by atoms with Crippen LogP contribution in [0.15, 0.2) is 30.5 Å². The van der Waals surface area contributed by atoms with Crippen molar-refractivity contribution in [3.05, 3.63) is 40.5 Å². The summed E-state index contributed by atoms with van der Waals surface area (Å²) in [6.45, 7) is 2.69. The molecule has 0 aliphatic carbocycles. The third kappa shape index (κ3) is 3.83. The summed E-state index contributed by atoms with van der Waals surface area (Å²) >= 11 is 12.2. The molecule has 1 aromatic carbocycles. The van der Waals surface area contributed by atoms with E-state index in [4.69, 9.17) is 33.7 Å². The molecule has 0 fully saturated rings. The lowest BCUT2D eigenvalue weighted by Gasteiger charge is -2.19. The monoisotopic (exact) mass is 339 g/mol. The van der Waals surface area contributed by atoms with Gasteiger partial charge in [0.1, 0.15) is 0 Å². The largest absolute Gasteiger partial charge is 0.395 e. The summed E-state index contributed by atoms with van der Waals surface area (Å²) in [6.07, 6.45) is 2.63. The van der Waals surface area contributed by atoms with E-state index in [1.54, 1.807) is 25.4 Å². The number of ether oxygens (including phenoxy) is 1. The topological polar surface area (TPSA) is 60.2 Å². The second kappa shape index (κ2) is 7.68. The summed E-state index contributed by atoms with van der Waals surface area (Å²) in [6, 6.07) is 7.30. The number of halogens is 2. The van der Waals surface area contributed by atoms with Crippen LogP contribution in [0.3, 0.4) is 0 Å². The minimum Gasteiger partial charge on any atom is -0.395 e. The number of nitrogens with zero attached hydrogens (tertiary/aromatic N) is 1. The van der Waals surface area contributed by atoms with Gasteiger partial charge < -0.3 is 15.8 Å². The maximum atomic E-state index is 6.26.